The molecule has 0 atom stereocenters. The molecule has 0 unspecified atom stereocenters. The zero-order chi connectivity index (χ0) is 23.1. The summed E-state index contributed by atoms with van der Waals surface area (Å²) in [6.07, 6.45) is 0.303. The summed E-state index contributed by atoms with van der Waals surface area (Å²) in [7, 11) is 1.65. The van der Waals surface area contributed by atoms with Gasteiger partial charge in [-0.3, -0.25) is 10.7 Å². The molecular formula is C26H30N2O4. The molecule has 3 rings (SSSR count). The van der Waals surface area contributed by atoms with E-state index >= 15 is 0 Å². The molecule has 0 saturated heterocycles. The molecule has 0 heterocycles. The lowest BCUT2D eigenvalue weighted by atomic mass is 9.97. The molecule has 3 aromatic carbocycles. The van der Waals surface area contributed by atoms with Gasteiger partial charge in [-0.1, -0.05) is 42.5 Å². The summed E-state index contributed by atoms with van der Waals surface area (Å²) in [5.74, 6) is 0.763. The van der Waals surface area contributed by atoms with E-state index in [4.69, 9.17) is 9.47 Å². The number of hydrogen-bond donors (Lipinski definition) is 3. The fourth-order valence-corrected chi connectivity index (χ4v) is 3.42. The number of rotatable bonds is 7. The quantitative estimate of drug-likeness (QED) is 0.411. The van der Waals surface area contributed by atoms with Gasteiger partial charge in [0.05, 0.1) is 12.8 Å². The SMILES string of the molecule is COc1ccc(Cc2cccc(CNC(=O)OC(C)(C)C)c2)cc1-c1cccc(NO)c1. The summed E-state index contributed by atoms with van der Waals surface area (Å²) in [5.41, 5.74) is 7.43. The van der Waals surface area contributed by atoms with Crippen LogP contribution in [0.15, 0.2) is 66.7 Å². The van der Waals surface area contributed by atoms with Crippen LogP contribution in [-0.2, 0) is 17.7 Å². The molecule has 0 radical (unpaired) electrons. The maximum atomic E-state index is 11.9. The molecular weight excluding hydrogens is 404 g/mol. The van der Waals surface area contributed by atoms with E-state index in [0.29, 0.717) is 12.2 Å². The van der Waals surface area contributed by atoms with Gasteiger partial charge in [-0.2, -0.15) is 0 Å². The Kier molecular flexibility index (Phi) is 7.38. The number of nitrogens with one attached hydrogen (secondary N) is 2. The second-order valence-corrected chi connectivity index (χ2v) is 8.58. The Bertz CT molecular complexity index is 1070. The van der Waals surface area contributed by atoms with Crippen molar-refractivity contribution >= 4 is 11.8 Å². The molecule has 1 amide bonds. The first-order chi connectivity index (χ1) is 15.3. The molecule has 0 aromatic heterocycles. The molecule has 0 aliphatic rings. The molecule has 168 valence electrons. The Morgan fingerprint density at radius 3 is 2.38 bits per heavy atom. The summed E-state index contributed by atoms with van der Waals surface area (Å²) in [6.45, 7) is 5.92. The highest BCUT2D eigenvalue weighted by atomic mass is 16.6. The maximum absolute atomic E-state index is 11.9. The standard InChI is InChI=1S/C26H30N2O4/c1-26(2,3)32-25(29)27-17-20-8-5-7-18(14-20)13-19-11-12-24(31-4)23(15-19)21-9-6-10-22(16-21)28-30/h5-12,14-16,28,30H,13,17H2,1-4H3,(H,27,29). The number of carbonyl (C=O) groups is 1. The molecule has 3 N–H and O–H groups in total. The Morgan fingerprint density at radius 2 is 1.66 bits per heavy atom. The van der Waals surface area contributed by atoms with Crippen LogP contribution in [0.1, 0.15) is 37.5 Å². The van der Waals surface area contributed by atoms with Gasteiger partial charge in [-0.15, -0.1) is 0 Å². The van der Waals surface area contributed by atoms with E-state index < -0.39 is 11.7 Å². The number of benzene rings is 3. The van der Waals surface area contributed by atoms with Gasteiger partial charge in [0.25, 0.3) is 0 Å². The van der Waals surface area contributed by atoms with Crippen LogP contribution >= 0.6 is 0 Å². The van der Waals surface area contributed by atoms with Crippen molar-refractivity contribution in [2.24, 2.45) is 0 Å². The van der Waals surface area contributed by atoms with E-state index in [1.807, 2.05) is 63.2 Å². The van der Waals surface area contributed by atoms with Crippen molar-refractivity contribution in [3.63, 3.8) is 0 Å². The van der Waals surface area contributed by atoms with E-state index in [-0.39, 0.29) is 0 Å². The lowest BCUT2D eigenvalue weighted by Crippen LogP contribution is -2.32. The van der Waals surface area contributed by atoms with Gasteiger partial charge in [0.2, 0.25) is 0 Å². The third-order valence-electron chi connectivity index (χ3n) is 4.80. The van der Waals surface area contributed by atoms with E-state index in [1.165, 1.54) is 0 Å². The van der Waals surface area contributed by atoms with Crippen LogP contribution in [0.3, 0.4) is 0 Å². The van der Waals surface area contributed by atoms with Crippen molar-refractivity contribution < 1.29 is 19.5 Å². The van der Waals surface area contributed by atoms with Gasteiger partial charge >= 0.3 is 6.09 Å². The summed E-state index contributed by atoms with van der Waals surface area (Å²) < 4.78 is 10.8. The van der Waals surface area contributed by atoms with Gasteiger partial charge in [0.1, 0.15) is 11.4 Å². The van der Waals surface area contributed by atoms with Crippen LogP contribution < -0.4 is 15.5 Å². The topological polar surface area (TPSA) is 79.8 Å². The number of carbonyl (C=O) groups excluding carboxylic acids is 1. The predicted octanol–water partition coefficient (Wildman–Crippen LogP) is 5.78. The highest BCUT2D eigenvalue weighted by Crippen LogP contribution is 2.33. The molecule has 3 aromatic rings. The van der Waals surface area contributed by atoms with Crippen LogP contribution in [-0.4, -0.2) is 24.0 Å². The smallest absolute Gasteiger partial charge is 0.407 e. The van der Waals surface area contributed by atoms with Crippen molar-refractivity contribution in [3.8, 4) is 16.9 Å². The van der Waals surface area contributed by atoms with Crippen LogP contribution in [0.5, 0.6) is 5.75 Å². The molecule has 0 bridgehead atoms. The van der Waals surface area contributed by atoms with Crippen LogP contribution in [0.2, 0.25) is 0 Å². The first-order valence-corrected chi connectivity index (χ1v) is 10.5. The maximum Gasteiger partial charge on any atom is 0.407 e. The van der Waals surface area contributed by atoms with E-state index in [9.17, 15) is 10.0 Å². The molecule has 0 aliphatic heterocycles. The van der Waals surface area contributed by atoms with Crippen molar-refractivity contribution in [2.45, 2.75) is 39.3 Å². The van der Waals surface area contributed by atoms with Crippen molar-refractivity contribution in [1.29, 1.82) is 0 Å². The van der Waals surface area contributed by atoms with E-state index in [2.05, 4.69) is 29.0 Å². The highest BCUT2D eigenvalue weighted by Gasteiger charge is 2.15. The Labute approximate surface area is 189 Å². The van der Waals surface area contributed by atoms with Gasteiger partial charge in [0, 0.05) is 12.1 Å². The molecule has 0 saturated carbocycles. The zero-order valence-corrected chi connectivity index (χ0v) is 18.9. The first-order valence-electron chi connectivity index (χ1n) is 10.5. The third-order valence-corrected chi connectivity index (χ3v) is 4.80. The first kappa shape index (κ1) is 23.2. The van der Waals surface area contributed by atoms with Crippen LogP contribution in [0.25, 0.3) is 11.1 Å². The molecule has 0 aliphatic carbocycles. The van der Waals surface area contributed by atoms with Crippen molar-refractivity contribution in [3.05, 3.63) is 83.4 Å². The number of methoxy groups -OCH3 is 1. The van der Waals surface area contributed by atoms with Crippen LogP contribution in [0, 0.1) is 0 Å². The summed E-state index contributed by atoms with van der Waals surface area (Å²) in [4.78, 5) is 11.9. The van der Waals surface area contributed by atoms with E-state index in [1.54, 1.807) is 13.2 Å². The molecule has 6 heteroatoms. The monoisotopic (exact) mass is 434 g/mol. The van der Waals surface area contributed by atoms with Crippen LogP contribution in [0.4, 0.5) is 10.5 Å². The normalized spacial score (nSPS) is 11.0. The summed E-state index contributed by atoms with van der Waals surface area (Å²) >= 11 is 0. The Hall–Kier alpha value is -3.51. The van der Waals surface area contributed by atoms with E-state index in [0.717, 1.165) is 40.0 Å². The lowest BCUT2D eigenvalue weighted by molar-refractivity contribution is 0.0523. The van der Waals surface area contributed by atoms with Gasteiger partial charge < -0.3 is 14.8 Å². The fourth-order valence-electron chi connectivity index (χ4n) is 3.42. The van der Waals surface area contributed by atoms with Gasteiger partial charge in [-0.05, 0) is 73.7 Å². The minimum absolute atomic E-state index is 0.400. The zero-order valence-electron chi connectivity index (χ0n) is 18.9. The average Bonchev–Trinajstić information content (AvgIpc) is 2.77. The molecule has 0 fully saturated rings. The third kappa shape index (κ3) is 6.49. The Balaban J connectivity index is 1.76. The number of amides is 1. The average molecular weight is 435 g/mol. The Morgan fingerprint density at radius 1 is 0.938 bits per heavy atom. The fraction of sp³-hybridized carbons (Fsp3) is 0.269. The van der Waals surface area contributed by atoms with Crippen molar-refractivity contribution in [2.75, 3.05) is 12.6 Å². The molecule has 6 nitrogen and oxygen atoms in total. The second-order valence-electron chi connectivity index (χ2n) is 8.58. The number of alkyl carbamates (subject to hydrolysis) is 1. The molecule has 0 spiro atoms. The second kappa shape index (κ2) is 10.2. The number of hydrogen-bond acceptors (Lipinski definition) is 5. The van der Waals surface area contributed by atoms with Crippen molar-refractivity contribution in [1.82, 2.24) is 5.32 Å². The largest absolute Gasteiger partial charge is 0.496 e. The lowest BCUT2D eigenvalue weighted by Gasteiger charge is -2.19. The summed E-state index contributed by atoms with van der Waals surface area (Å²) in [6, 6.07) is 21.7. The number of ether oxygens (including phenoxy) is 2. The molecule has 32 heavy (non-hydrogen) atoms. The predicted molar refractivity (Wildman–Crippen MR) is 126 cm³/mol. The number of anilines is 1. The van der Waals surface area contributed by atoms with Gasteiger partial charge in [-0.25, -0.2) is 4.79 Å². The summed E-state index contributed by atoms with van der Waals surface area (Å²) in [5, 5.41) is 12.0. The highest BCUT2D eigenvalue weighted by molar-refractivity contribution is 5.74. The minimum atomic E-state index is -0.523. The minimum Gasteiger partial charge on any atom is -0.496 e. The van der Waals surface area contributed by atoms with Gasteiger partial charge in [0.15, 0.2) is 0 Å².